The van der Waals surface area contributed by atoms with Crippen LogP contribution in [-0.4, -0.2) is 44.5 Å². The number of hydrogen-bond donors (Lipinski definition) is 2. The number of sulfonamides is 1. The van der Waals surface area contributed by atoms with E-state index in [1.807, 2.05) is 30.3 Å². The van der Waals surface area contributed by atoms with Crippen LogP contribution in [0.1, 0.15) is 25.8 Å². The van der Waals surface area contributed by atoms with Crippen molar-refractivity contribution in [2.24, 2.45) is 5.92 Å². The average Bonchev–Trinajstić information content (AvgIpc) is 3.28. The summed E-state index contributed by atoms with van der Waals surface area (Å²) >= 11 is 0. The van der Waals surface area contributed by atoms with Crippen molar-refractivity contribution in [3.05, 3.63) is 84.5 Å². The van der Waals surface area contributed by atoms with Crippen LogP contribution in [-0.2, 0) is 24.7 Å². The number of carboxylic acids is 1. The van der Waals surface area contributed by atoms with Crippen LogP contribution in [0.2, 0.25) is 0 Å². The summed E-state index contributed by atoms with van der Waals surface area (Å²) in [6, 6.07) is 16.0. The van der Waals surface area contributed by atoms with Crippen LogP contribution in [0.15, 0.2) is 88.4 Å². The second-order valence-corrected chi connectivity index (χ2v) is 13.1. The molecule has 36 heavy (non-hydrogen) atoms. The van der Waals surface area contributed by atoms with E-state index in [1.54, 1.807) is 50.3 Å². The normalized spacial score (nSPS) is 19.4. The third-order valence-electron chi connectivity index (χ3n) is 6.24. The highest BCUT2D eigenvalue weighted by atomic mass is 32.2. The summed E-state index contributed by atoms with van der Waals surface area (Å²) in [5.74, 6) is -2.73. The summed E-state index contributed by atoms with van der Waals surface area (Å²) in [4.78, 5) is 11.8. The van der Waals surface area contributed by atoms with E-state index in [0.29, 0.717) is 11.0 Å². The largest absolute Gasteiger partial charge is 0.480 e. The highest BCUT2D eigenvalue weighted by molar-refractivity contribution is 7.95. The Labute approximate surface area is 210 Å². The number of allylic oxidation sites excluding steroid dienone is 3. The first-order valence-corrected chi connectivity index (χ1v) is 14.5. The van der Waals surface area contributed by atoms with Crippen molar-refractivity contribution in [1.82, 2.24) is 4.72 Å². The molecule has 10 heteroatoms. The SMILES string of the molecule is CC(C)[C@@H](NS(=O)(=O)C1(CS(=O)(=O)c2cc3ccccc3o2)C=CC(c2ccccc2)=CC1)C(=O)O. The van der Waals surface area contributed by atoms with E-state index in [2.05, 4.69) is 4.72 Å². The predicted octanol–water partition coefficient (Wildman–Crippen LogP) is 4.02. The molecule has 190 valence electrons. The maximum atomic E-state index is 13.7. The molecule has 3 aromatic rings. The number of sulfone groups is 1. The van der Waals surface area contributed by atoms with Gasteiger partial charge < -0.3 is 9.52 Å². The molecule has 1 aliphatic carbocycles. The van der Waals surface area contributed by atoms with E-state index in [1.165, 1.54) is 12.1 Å². The van der Waals surface area contributed by atoms with Gasteiger partial charge in [0.25, 0.3) is 0 Å². The number of benzene rings is 2. The molecule has 0 saturated carbocycles. The van der Waals surface area contributed by atoms with E-state index in [0.717, 1.165) is 11.1 Å². The number of aliphatic carboxylic acids is 1. The molecule has 4 rings (SSSR count). The van der Waals surface area contributed by atoms with Gasteiger partial charge in [-0.25, -0.2) is 16.8 Å². The molecule has 0 aliphatic heterocycles. The molecule has 2 N–H and O–H groups in total. The van der Waals surface area contributed by atoms with Crippen molar-refractivity contribution in [2.45, 2.75) is 36.1 Å². The minimum Gasteiger partial charge on any atom is -0.480 e. The summed E-state index contributed by atoms with van der Waals surface area (Å²) < 4.78 is 60.2. The predicted molar refractivity (Wildman–Crippen MR) is 137 cm³/mol. The average molecular weight is 530 g/mol. The second-order valence-electron chi connectivity index (χ2n) is 9.17. The molecule has 2 aromatic carbocycles. The van der Waals surface area contributed by atoms with Crippen molar-refractivity contribution in [3.8, 4) is 0 Å². The van der Waals surface area contributed by atoms with Gasteiger partial charge in [0.15, 0.2) is 0 Å². The molecular weight excluding hydrogens is 502 g/mol. The van der Waals surface area contributed by atoms with Gasteiger partial charge in [0, 0.05) is 11.5 Å². The van der Waals surface area contributed by atoms with Crippen LogP contribution in [0.3, 0.4) is 0 Å². The Morgan fingerprint density at radius 3 is 2.31 bits per heavy atom. The molecule has 0 spiro atoms. The molecule has 0 radical (unpaired) electrons. The summed E-state index contributed by atoms with van der Waals surface area (Å²) in [6.45, 7) is 3.15. The van der Waals surface area contributed by atoms with E-state index >= 15 is 0 Å². The number of carbonyl (C=O) groups is 1. The maximum absolute atomic E-state index is 13.7. The second kappa shape index (κ2) is 9.68. The van der Waals surface area contributed by atoms with Crippen LogP contribution in [0.5, 0.6) is 0 Å². The highest BCUT2D eigenvalue weighted by Gasteiger charge is 2.48. The van der Waals surface area contributed by atoms with E-state index in [4.69, 9.17) is 4.42 Å². The Morgan fingerprint density at radius 1 is 1.06 bits per heavy atom. The first-order chi connectivity index (χ1) is 16.9. The first-order valence-electron chi connectivity index (χ1n) is 11.3. The maximum Gasteiger partial charge on any atom is 0.321 e. The zero-order valence-electron chi connectivity index (χ0n) is 19.8. The van der Waals surface area contributed by atoms with E-state index < -0.39 is 48.3 Å². The van der Waals surface area contributed by atoms with Crippen LogP contribution in [0.4, 0.5) is 0 Å². The Balaban J connectivity index is 1.76. The van der Waals surface area contributed by atoms with Crippen molar-refractivity contribution in [3.63, 3.8) is 0 Å². The summed E-state index contributed by atoms with van der Waals surface area (Å²) in [7, 11) is -8.73. The molecule has 1 aliphatic rings. The van der Waals surface area contributed by atoms with Crippen LogP contribution >= 0.6 is 0 Å². The molecule has 1 unspecified atom stereocenters. The van der Waals surface area contributed by atoms with E-state index in [-0.39, 0.29) is 11.5 Å². The number of fused-ring (bicyclic) bond motifs is 1. The standard InChI is InChI=1S/C26H27NO7S2/c1-18(2)24(25(28)29)27-36(32,33)26(14-12-20(13-15-26)19-8-4-3-5-9-19)17-35(30,31)23-16-21-10-6-7-11-22(21)34-23/h3-14,16,18,24,27H,15,17H2,1-2H3,(H,28,29)/t24-,26?/m1/s1. The molecule has 1 heterocycles. The monoisotopic (exact) mass is 529 g/mol. The lowest BCUT2D eigenvalue weighted by Crippen LogP contribution is -2.55. The van der Waals surface area contributed by atoms with Crippen molar-refractivity contribution >= 4 is 42.4 Å². The highest BCUT2D eigenvalue weighted by Crippen LogP contribution is 2.36. The van der Waals surface area contributed by atoms with Gasteiger partial charge in [-0.1, -0.05) is 80.6 Å². The number of carboxylic acid groups (broad SMARTS) is 1. The van der Waals surface area contributed by atoms with Gasteiger partial charge in [-0.2, -0.15) is 4.72 Å². The minimum atomic E-state index is -4.49. The van der Waals surface area contributed by atoms with Gasteiger partial charge in [-0.15, -0.1) is 0 Å². The van der Waals surface area contributed by atoms with Gasteiger partial charge in [0.1, 0.15) is 16.4 Å². The summed E-state index contributed by atoms with van der Waals surface area (Å²) in [5, 5.41) is 9.81. The molecule has 1 aromatic heterocycles. The fourth-order valence-corrected chi connectivity index (χ4v) is 8.25. The fraction of sp³-hybridized carbons (Fsp3) is 0.269. The zero-order chi connectivity index (χ0) is 26.1. The summed E-state index contributed by atoms with van der Waals surface area (Å²) in [5.41, 5.74) is 1.95. The van der Waals surface area contributed by atoms with Crippen molar-refractivity contribution in [2.75, 3.05) is 5.75 Å². The minimum absolute atomic E-state index is 0.174. The van der Waals surface area contributed by atoms with Gasteiger partial charge >= 0.3 is 5.97 Å². The number of furan rings is 1. The molecule has 0 amide bonds. The van der Waals surface area contributed by atoms with Gasteiger partial charge in [-0.3, -0.25) is 4.79 Å². The quantitative estimate of drug-likeness (QED) is 0.428. The van der Waals surface area contributed by atoms with E-state index in [9.17, 15) is 26.7 Å². The first kappa shape index (κ1) is 25.9. The number of para-hydroxylation sites is 1. The molecule has 0 bridgehead atoms. The van der Waals surface area contributed by atoms with Crippen LogP contribution < -0.4 is 4.72 Å². The molecular formula is C26H27NO7S2. The third kappa shape index (κ3) is 5.02. The Kier molecular flexibility index (Phi) is 6.96. The lowest BCUT2D eigenvalue weighted by molar-refractivity contribution is -0.140. The fourth-order valence-electron chi connectivity index (χ4n) is 4.15. The Bertz CT molecular complexity index is 1520. The molecule has 8 nitrogen and oxygen atoms in total. The third-order valence-corrected chi connectivity index (χ3v) is 10.2. The molecule has 0 saturated heterocycles. The molecule has 0 fully saturated rings. The van der Waals surface area contributed by atoms with Gasteiger partial charge in [0.2, 0.25) is 25.0 Å². The lowest BCUT2D eigenvalue weighted by Gasteiger charge is -2.33. The van der Waals surface area contributed by atoms with Crippen LogP contribution in [0, 0.1) is 5.92 Å². The van der Waals surface area contributed by atoms with Gasteiger partial charge in [0.05, 0.1) is 5.75 Å². The summed E-state index contributed by atoms with van der Waals surface area (Å²) in [6.07, 6.45) is 4.40. The number of nitrogens with one attached hydrogen (secondary N) is 1. The number of hydrogen-bond acceptors (Lipinski definition) is 6. The van der Waals surface area contributed by atoms with Crippen molar-refractivity contribution in [1.29, 1.82) is 0 Å². The van der Waals surface area contributed by atoms with Gasteiger partial charge in [-0.05, 0) is 29.5 Å². The molecule has 2 atom stereocenters. The van der Waals surface area contributed by atoms with Crippen LogP contribution in [0.25, 0.3) is 16.5 Å². The number of rotatable bonds is 9. The smallest absolute Gasteiger partial charge is 0.321 e. The topological polar surface area (TPSA) is 131 Å². The zero-order valence-corrected chi connectivity index (χ0v) is 21.4. The van der Waals surface area contributed by atoms with Crippen molar-refractivity contribution < 1.29 is 31.2 Å². The Morgan fingerprint density at radius 2 is 1.72 bits per heavy atom. The lowest BCUT2D eigenvalue weighted by atomic mass is 9.93. The Hall–Kier alpha value is -3.21.